The first-order valence-electron chi connectivity index (χ1n) is 5.44. The fourth-order valence-corrected chi connectivity index (χ4v) is 2.24. The molecule has 0 radical (unpaired) electrons. The van der Waals surface area contributed by atoms with Gasteiger partial charge in [-0.2, -0.15) is 0 Å². The van der Waals surface area contributed by atoms with Gasteiger partial charge in [-0.15, -0.1) is 0 Å². The van der Waals surface area contributed by atoms with Crippen molar-refractivity contribution in [2.24, 2.45) is 0 Å². The predicted molar refractivity (Wildman–Crippen MR) is 71.6 cm³/mol. The number of halogens is 2. The van der Waals surface area contributed by atoms with Gasteiger partial charge in [-0.1, -0.05) is 15.9 Å². The van der Waals surface area contributed by atoms with Gasteiger partial charge in [-0.05, 0) is 32.0 Å². The fraction of sp³-hybridized carbons (Fsp3) is 0.154. The van der Waals surface area contributed by atoms with E-state index in [1.54, 1.807) is 19.9 Å². The molecule has 0 spiro atoms. The van der Waals surface area contributed by atoms with Crippen molar-refractivity contribution in [1.82, 2.24) is 9.97 Å². The van der Waals surface area contributed by atoms with Crippen LogP contribution < -0.4 is 0 Å². The SMILES string of the molecule is Cc1nc(-c2cc(F)ccc2Br)nc(C)c1C(=O)O. The molecule has 98 valence electrons. The van der Waals surface area contributed by atoms with E-state index >= 15 is 0 Å². The van der Waals surface area contributed by atoms with Gasteiger partial charge in [0, 0.05) is 10.0 Å². The number of hydrogen-bond donors (Lipinski definition) is 1. The van der Waals surface area contributed by atoms with Crippen molar-refractivity contribution >= 4 is 21.9 Å². The number of carbonyl (C=O) groups is 1. The maximum Gasteiger partial charge on any atom is 0.339 e. The Morgan fingerprint density at radius 2 is 1.84 bits per heavy atom. The molecule has 0 aliphatic rings. The van der Waals surface area contributed by atoms with Crippen molar-refractivity contribution < 1.29 is 14.3 Å². The Balaban J connectivity index is 2.65. The summed E-state index contributed by atoms with van der Waals surface area (Å²) in [7, 11) is 0. The highest BCUT2D eigenvalue weighted by molar-refractivity contribution is 9.10. The highest BCUT2D eigenvalue weighted by Crippen LogP contribution is 2.27. The largest absolute Gasteiger partial charge is 0.478 e. The van der Waals surface area contributed by atoms with E-state index < -0.39 is 11.8 Å². The van der Waals surface area contributed by atoms with Crippen molar-refractivity contribution in [3.05, 3.63) is 45.4 Å². The third-order valence-electron chi connectivity index (χ3n) is 2.65. The van der Waals surface area contributed by atoms with Crippen molar-refractivity contribution in [1.29, 1.82) is 0 Å². The number of benzene rings is 1. The molecule has 0 amide bonds. The quantitative estimate of drug-likeness (QED) is 0.920. The highest BCUT2D eigenvalue weighted by Gasteiger charge is 2.17. The van der Waals surface area contributed by atoms with Crippen LogP contribution in [0, 0.1) is 19.7 Å². The van der Waals surface area contributed by atoms with Crippen LogP contribution in [0.2, 0.25) is 0 Å². The lowest BCUT2D eigenvalue weighted by Gasteiger charge is -2.09. The highest BCUT2D eigenvalue weighted by atomic mass is 79.9. The molecule has 4 nitrogen and oxygen atoms in total. The summed E-state index contributed by atoms with van der Waals surface area (Å²) in [5.41, 5.74) is 1.27. The second-order valence-electron chi connectivity index (χ2n) is 4.02. The monoisotopic (exact) mass is 324 g/mol. The first-order valence-corrected chi connectivity index (χ1v) is 6.23. The van der Waals surface area contributed by atoms with Crippen LogP contribution >= 0.6 is 15.9 Å². The number of aromatic carboxylic acids is 1. The summed E-state index contributed by atoms with van der Waals surface area (Å²) in [6, 6.07) is 4.18. The van der Waals surface area contributed by atoms with Gasteiger partial charge in [0.1, 0.15) is 11.4 Å². The molecule has 0 aliphatic heterocycles. The van der Waals surface area contributed by atoms with Gasteiger partial charge >= 0.3 is 5.97 Å². The number of hydrogen-bond acceptors (Lipinski definition) is 3. The van der Waals surface area contributed by atoms with Crippen LogP contribution in [0.15, 0.2) is 22.7 Å². The second kappa shape index (κ2) is 5.05. The van der Waals surface area contributed by atoms with Crippen LogP contribution in [0.1, 0.15) is 21.7 Å². The lowest BCUT2D eigenvalue weighted by Crippen LogP contribution is -2.08. The Hall–Kier alpha value is -1.82. The lowest BCUT2D eigenvalue weighted by atomic mass is 10.1. The number of aryl methyl sites for hydroxylation is 2. The summed E-state index contributed by atoms with van der Waals surface area (Å²) in [4.78, 5) is 19.3. The number of aromatic nitrogens is 2. The molecule has 19 heavy (non-hydrogen) atoms. The van der Waals surface area contributed by atoms with E-state index in [0.717, 1.165) is 0 Å². The van der Waals surface area contributed by atoms with Gasteiger partial charge in [-0.3, -0.25) is 0 Å². The van der Waals surface area contributed by atoms with Gasteiger partial charge in [0.2, 0.25) is 0 Å². The van der Waals surface area contributed by atoms with Crippen LogP contribution in [-0.2, 0) is 0 Å². The molecule has 0 unspecified atom stereocenters. The Morgan fingerprint density at radius 3 is 2.37 bits per heavy atom. The van der Waals surface area contributed by atoms with Gasteiger partial charge in [0.15, 0.2) is 5.82 Å². The van der Waals surface area contributed by atoms with Gasteiger partial charge in [-0.25, -0.2) is 19.2 Å². The Labute approximate surface area is 117 Å². The molecule has 1 heterocycles. The van der Waals surface area contributed by atoms with Crippen LogP contribution in [-0.4, -0.2) is 21.0 Å². The molecule has 1 N–H and O–H groups in total. The Morgan fingerprint density at radius 1 is 1.26 bits per heavy atom. The van der Waals surface area contributed by atoms with Gasteiger partial charge < -0.3 is 5.11 Å². The standard InChI is InChI=1S/C13H10BrFN2O2/c1-6-11(13(18)19)7(2)17-12(16-6)9-5-8(15)3-4-10(9)14/h3-5H,1-2H3,(H,18,19). The molecule has 0 bridgehead atoms. The maximum absolute atomic E-state index is 13.3. The molecule has 0 atom stereocenters. The lowest BCUT2D eigenvalue weighted by molar-refractivity contribution is 0.0694. The van der Waals surface area contributed by atoms with E-state index in [-0.39, 0.29) is 5.56 Å². The molecule has 0 saturated carbocycles. The third-order valence-corrected chi connectivity index (χ3v) is 3.35. The average molecular weight is 325 g/mol. The zero-order valence-electron chi connectivity index (χ0n) is 10.2. The smallest absolute Gasteiger partial charge is 0.339 e. The molecule has 0 aliphatic carbocycles. The first-order chi connectivity index (χ1) is 8.90. The summed E-state index contributed by atoms with van der Waals surface area (Å²) in [6.45, 7) is 3.18. The summed E-state index contributed by atoms with van der Waals surface area (Å²) < 4.78 is 13.9. The average Bonchev–Trinajstić information content (AvgIpc) is 2.30. The molecular formula is C13H10BrFN2O2. The van der Waals surface area contributed by atoms with Gasteiger partial charge in [0.25, 0.3) is 0 Å². The topological polar surface area (TPSA) is 63.1 Å². The first kappa shape index (κ1) is 13.6. The molecule has 2 aromatic rings. The second-order valence-corrected chi connectivity index (χ2v) is 4.88. The van der Waals surface area contributed by atoms with Crippen LogP contribution in [0.5, 0.6) is 0 Å². The summed E-state index contributed by atoms with van der Waals surface area (Å²) in [5, 5.41) is 9.06. The summed E-state index contributed by atoms with van der Waals surface area (Å²) >= 11 is 3.30. The zero-order valence-corrected chi connectivity index (χ0v) is 11.8. The molecule has 2 rings (SSSR count). The minimum Gasteiger partial charge on any atom is -0.478 e. The van der Waals surface area contributed by atoms with E-state index in [0.29, 0.717) is 27.2 Å². The van der Waals surface area contributed by atoms with Crippen LogP contribution in [0.4, 0.5) is 4.39 Å². The van der Waals surface area contributed by atoms with Crippen LogP contribution in [0.25, 0.3) is 11.4 Å². The molecule has 1 aromatic carbocycles. The number of carboxylic acids is 1. The minimum absolute atomic E-state index is 0.0799. The molecule has 0 fully saturated rings. The number of carboxylic acid groups (broad SMARTS) is 1. The molecule has 0 saturated heterocycles. The van der Waals surface area contributed by atoms with E-state index in [9.17, 15) is 9.18 Å². The molecule has 1 aromatic heterocycles. The Kier molecular flexibility index (Phi) is 3.61. The number of nitrogens with zero attached hydrogens (tertiary/aromatic N) is 2. The van der Waals surface area contributed by atoms with E-state index in [4.69, 9.17) is 5.11 Å². The zero-order chi connectivity index (χ0) is 14.2. The van der Waals surface area contributed by atoms with Crippen LogP contribution in [0.3, 0.4) is 0 Å². The minimum atomic E-state index is -1.07. The third kappa shape index (κ3) is 2.63. The van der Waals surface area contributed by atoms with E-state index in [2.05, 4.69) is 25.9 Å². The summed E-state index contributed by atoms with van der Waals surface area (Å²) in [6.07, 6.45) is 0. The predicted octanol–water partition coefficient (Wildman–Crippen LogP) is 3.36. The van der Waals surface area contributed by atoms with E-state index in [1.807, 2.05) is 0 Å². The normalized spacial score (nSPS) is 10.5. The maximum atomic E-state index is 13.3. The van der Waals surface area contributed by atoms with Crippen molar-refractivity contribution in [3.8, 4) is 11.4 Å². The fourth-order valence-electron chi connectivity index (χ4n) is 1.82. The van der Waals surface area contributed by atoms with Crippen molar-refractivity contribution in [2.45, 2.75) is 13.8 Å². The molecule has 6 heteroatoms. The van der Waals surface area contributed by atoms with Crippen molar-refractivity contribution in [2.75, 3.05) is 0 Å². The van der Waals surface area contributed by atoms with Crippen molar-refractivity contribution in [3.63, 3.8) is 0 Å². The molecular weight excluding hydrogens is 315 g/mol. The Bertz CT molecular complexity index is 651. The van der Waals surface area contributed by atoms with E-state index in [1.165, 1.54) is 12.1 Å². The number of rotatable bonds is 2. The van der Waals surface area contributed by atoms with Gasteiger partial charge in [0.05, 0.1) is 11.4 Å². The summed E-state index contributed by atoms with van der Waals surface area (Å²) in [5.74, 6) is -1.18.